The molecule has 2 heterocycles. The summed E-state index contributed by atoms with van der Waals surface area (Å²) in [6.07, 6.45) is 2.99. The molecule has 0 unspecified atom stereocenters. The van der Waals surface area contributed by atoms with Crippen molar-refractivity contribution in [2.45, 2.75) is 13.3 Å². The van der Waals surface area contributed by atoms with Crippen molar-refractivity contribution in [2.24, 2.45) is 0 Å². The van der Waals surface area contributed by atoms with E-state index in [1.807, 2.05) is 11.0 Å². The molecule has 0 saturated carbocycles. The lowest BCUT2D eigenvalue weighted by molar-refractivity contribution is -0.135. The van der Waals surface area contributed by atoms with E-state index in [0.717, 1.165) is 32.6 Å². The van der Waals surface area contributed by atoms with Crippen molar-refractivity contribution in [3.63, 3.8) is 0 Å². The Morgan fingerprint density at radius 1 is 1.25 bits per heavy atom. The number of fused-ring (bicyclic) bond motifs is 1. The van der Waals surface area contributed by atoms with Gasteiger partial charge in [0.2, 0.25) is 5.91 Å². The second-order valence-corrected chi connectivity index (χ2v) is 5.36. The van der Waals surface area contributed by atoms with E-state index < -0.39 is 0 Å². The van der Waals surface area contributed by atoms with Crippen molar-refractivity contribution in [2.75, 3.05) is 32.7 Å². The van der Waals surface area contributed by atoms with Gasteiger partial charge < -0.3 is 9.88 Å². The van der Waals surface area contributed by atoms with Crippen LogP contribution in [-0.4, -0.2) is 53.4 Å². The minimum atomic E-state index is 0.262. The fourth-order valence-electron chi connectivity index (χ4n) is 2.86. The van der Waals surface area contributed by atoms with Crippen molar-refractivity contribution in [3.05, 3.63) is 36.0 Å². The van der Waals surface area contributed by atoms with Gasteiger partial charge in [-0.15, -0.1) is 0 Å². The summed E-state index contributed by atoms with van der Waals surface area (Å²) in [7, 11) is 0. The molecule has 1 aliphatic rings. The molecule has 1 aromatic heterocycles. The summed E-state index contributed by atoms with van der Waals surface area (Å²) in [5, 5.41) is 1.27. The minimum Gasteiger partial charge on any atom is -0.361 e. The summed E-state index contributed by atoms with van der Waals surface area (Å²) >= 11 is 0. The van der Waals surface area contributed by atoms with E-state index in [-0.39, 0.29) is 5.91 Å². The molecule has 4 heteroatoms. The highest BCUT2D eigenvalue weighted by Crippen LogP contribution is 2.18. The molecule has 1 fully saturated rings. The van der Waals surface area contributed by atoms with Gasteiger partial charge in [-0.3, -0.25) is 9.69 Å². The van der Waals surface area contributed by atoms with Crippen LogP contribution in [0.2, 0.25) is 0 Å². The summed E-state index contributed by atoms with van der Waals surface area (Å²) < 4.78 is 0. The zero-order valence-electron chi connectivity index (χ0n) is 11.9. The van der Waals surface area contributed by atoms with Gasteiger partial charge in [-0.1, -0.05) is 25.1 Å². The Balaban J connectivity index is 1.64. The maximum atomic E-state index is 12.1. The number of nitrogens with one attached hydrogen (secondary N) is 1. The number of benzene rings is 1. The van der Waals surface area contributed by atoms with Crippen LogP contribution in [0.3, 0.4) is 0 Å². The van der Waals surface area contributed by atoms with Gasteiger partial charge in [0.25, 0.3) is 0 Å². The number of aromatic amines is 1. The number of rotatable bonds is 4. The molecular formula is C16H21N3O. The lowest BCUT2D eigenvalue weighted by Gasteiger charge is -2.33. The highest BCUT2D eigenvalue weighted by molar-refractivity contribution is 5.83. The molecule has 0 aliphatic carbocycles. The maximum absolute atomic E-state index is 12.1. The zero-order chi connectivity index (χ0) is 13.9. The molecule has 0 bridgehead atoms. The largest absolute Gasteiger partial charge is 0.361 e. The Labute approximate surface area is 119 Å². The Morgan fingerprint density at radius 3 is 2.90 bits per heavy atom. The summed E-state index contributed by atoms with van der Waals surface area (Å²) in [6, 6.07) is 8.32. The molecule has 20 heavy (non-hydrogen) atoms. The van der Waals surface area contributed by atoms with E-state index >= 15 is 0 Å². The molecule has 0 spiro atoms. The third kappa shape index (κ3) is 2.56. The number of piperazine rings is 1. The van der Waals surface area contributed by atoms with Crippen LogP contribution in [0.15, 0.2) is 30.5 Å². The van der Waals surface area contributed by atoms with Crippen LogP contribution >= 0.6 is 0 Å². The molecule has 1 N–H and O–H groups in total. The summed E-state index contributed by atoms with van der Waals surface area (Å²) in [6.45, 7) is 6.31. The second kappa shape index (κ2) is 5.67. The van der Waals surface area contributed by atoms with Crippen molar-refractivity contribution in [1.82, 2.24) is 14.8 Å². The van der Waals surface area contributed by atoms with Crippen LogP contribution in [-0.2, 0) is 11.2 Å². The molecule has 4 nitrogen and oxygen atoms in total. The lowest BCUT2D eigenvalue weighted by Crippen LogP contribution is -2.50. The molecule has 1 amide bonds. The van der Waals surface area contributed by atoms with Crippen LogP contribution in [0.25, 0.3) is 10.9 Å². The van der Waals surface area contributed by atoms with Crippen molar-refractivity contribution in [1.29, 1.82) is 0 Å². The number of H-pyrrole nitrogens is 1. The fourth-order valence-corrected chi connectivity index (χ4v) is 2.86. The number of amides is 1. The Kier molecular flexibility index (Phi) is 3.74. The van der Waals surface area contributed by atoms with Crippen LogP contribution in [0, 0.1) is 0 Å². The predicted octanol–water partition coefficient (Wildman–Crippen LogP) is 1.87. The molecule has 0 radical (unpaired) electrons. The van der Waals surface area contributed by atoms with Crippen LogP contribution in [0.1, 0.15) is 12.5 Å². The van der Waals surface area contributed by atoms with E-state index in [9.17, 15) is 4.79 Å². The molecule has 1 aliphatic heterocycles. The third-order valence-electron chi connectivity index (χ3n) is 4.17. The SMILES string of the molecule is CCN1CCN(CCc2c[nH]c3ccccc23)C(=O)C1. The number of para-hydroxylation sites is 1. The van der Waals surface area contributed by atoms with Crippen molar-refractivity contribution < 1.29 is 4.79 Å². The zero-order valence-corrected chi connectivity index (χ0v) is 11.9. The molecule has 0 atom stereocenters. The van der Waals surface area contributed by atoms with Gasteiger partial charge in [0.1, 0.15) is 0 Å². The number of carbonyl (C=O) groups is 1. The standard InChI is InChI=1S/C16H21N3O/c1-2-18-9-10-19(16(20)12-18)8-7-13-11-17-15-6-4-3-5-14(13)15/h3-6,11,17H,2,7-10,12H2,1H3. The van der Waals surface area contributed by atoms with Crippen LogP contribution in [0.5, 0.6) is 0 Å². The fraction of sp³-hybridized carbons (Fsp3) is 0.438. The van der Waals surface area contributed by atoms with E-state index in [1.54, 1.807) is 0 Å². The minimum absolute atomic E-state index is 0.262. The second-order valence-electron chi connectivity index (χ2n) is 5.36. The summed E-state index contributed by atoms with van der Waals surface area (Å²) in [5.74, 6) is 0.262. The number of nitrogens with zero attached hydrogens (tertiary/aromatic N) is 2. The monoisotopic (exact) mass is 271 g/mol. The van der Waals surface area contributed by atoms with E-state index in [4.69, 9.17) is 0 Å². The molecule has 3 rings (SSSR count). The number of carbonyl (C=O) groups excluding carboxylic acids is 1. The summed E-state index contributed by atoms with van der Waals surface area (Å²) in [5.41, 5.74) is 2.47. The highest BCUT2D eigenvalue weighted by Gasteiger charge is 2.22. The third-order valence-corrected chi connectivity index (χ3v) is 4.17. The quantitative estimate of drug-likeness (QED) is 0.922. The molecule has 2 aromatic rings. The van der Waals surface area contributed by atoms with Gasteiger partial charge in [-0.05, 0) is 24.6 Å². The first-order chi connectivity index (χ1) is 9.78. The van der Waals surface area contributed by atoms with Gasteiger partial charge in [-0.2, -0.15) is 0 Å². The average Bonchev–Trinajstić information content (AvgIpc) is 2.89. The first kappa shape index (κ1) is 13.2. The Hall–Kier alpha value is -1.81. The Bertz CT molecular complexity index is 605. The van der Waals surface area contributed by atoms with Gasteiger partial charge in [0, 0.05) is 36.7 Å². The Morgan fingerprint density at radius 2 is 2.10 bits per heavy atom. The number of hydrogen-bond acceptors (Lipinski definition) is 2. The van der Waals surface area contributed by atoms with Crippen molar-refractivity contribution in [3.8, 4) is 0 Å². The van der Waals surface area contributed by atoms with Crippen LogP contribution < -0.4 is 0 Å². The number of hydrogen-bond donors (Lipinski definition) is 1. The van der Waals surface area contributed by atoms with Gasteiger partial charge in [0.05, 0.1) is 6.54 Å². The summed E-state index contributed by atoms with van der Waals surface area (Å²) in [4.78, 5) is 19.5. The van der Waals surface area contributed by atoms with E-state index in [1.165, 1.54) is 16.5 Å². The molecule has 106 valence electrons. The molecule has 1 aromatic carbocycles. The van der Waals surface area contributed by atoms with Gasteiger partial charge in [-0.25, -0.2) is 0 Å². The maximum Gasteiger partial charge on any atom is 0.236 e. The van der Waals surface area contributed by atoms with Crippen molar-refractivity contribution >= 4 is 16.8 Å². The normalized spacial score (nSPS) is 17.1. The molecular weight excluding hydrogens is 250 g/mol. The number of likely N-dealkylation sites (N-methyl/N-ethyl adjacent to an activating group) is 1. The molecule has 1 saturated heterocycles. The highest BCUT2D eigenvalue weighted by atomic mass is 16.2. The lowest BCUT2D eigenvalue weighted by atomic mass is 10.1. The van der Waals surface area contributed by atoms with E-state index in [0.29, 0.717) is 6.54 Å². The predicted molar refractivity (Wildman–Crippen MR) is 80.7 cm³/mol. The topological polar surface area (TPSA) is 39.3 Å². The first-order valence-electron chi connectivity index (χ1n) is 7.33. The van der Waals surface area contributed by atoms with Gasteiger partial charge in [0.15, 0.2) is 0 Å². The van der Waals surface area contributed by atoms with Crippen LogP contribution in [0.4, 0.5) is 0 Å². The average molecular weight is 271 g/mol. The van der Waals surface area contributed by atoms with Gasteiger partial charge >= 0.3 is 0 Å². The smallest absolute Gasteiger partial charge is 0.236 e. The first-order valence-corrected chi connectivity index (χ1v) is 7.33. The number of aromatic nitrogens is 1. The van der Waals surface area contributed by atoms with E-state index in [2.05, 4.69) is 41.2 Å².